The molecule has 1 fully saturated rings. The Hall–Kier alpha value is -2.47. The number of amides is 1. The summed E-state index contributed by atoms with van der Waals surface area (Å²) in [6, 6.07) is 10.8. The van der Waals surface area contributed by atoms with Crippen molar-refractivity contribution in [1.82, 2.24) is 4.31 Å². The first-order chi connectivity index (χ1) is 14.3. The van der Waals surface area contributed by atoms with E-state index in [9.17, 15) is 13.4 Å². The summed E-state index contributed by atoms with van der Waals surface area (Å²) in [7, 11) is -1.54. The molecule has 0 aliphatic carbocycles. The third-order valence-electron chi connectivity index (χ3n) is 4.57. The molecule has 0 bridgehead atoms. The van der Waals surface area contributed by atoms with Crippen molar-refractivity contribution in [3.8, 4) is 11.8 Å². The van der Waals surface area contributed by atoms with Gasteiger partial charge in [-0.25, -0.2) is 12.9 Å². The quantitative estimate of drug-likeness (QED) is 0.725. The Morgan fingerprint density at radius 1 is 1.33 bits per heavy atom. The number of carbonyl (C=O) groups excluding carboxylic acids is 1. The number of halogens is 2. The van der Waals surface area contributed by atoms with Gasteiger partial charge in [0.1, 0.15) is 40.6 Å². The molecule has 1 aliphatic rings. The number of aryl methyl sites for hydroxylation is 1. The average Bonchev–Trinajstić information content (AvgIpc) is 2.68. The van der Waals surface area contributed by atoms with Gasteiger partial charge >= 0.3 is 0 Å². The zero-order valence-corrected chi connectivity index (χ0v) is 18.5. The van der Waals surface area contributed by atoms with E-state index in [-0.39, 0.29) is 31.0 Å². The monoisotopic (exact) mass is 451 g/mol. The number of hydrogen-bond donors (Lipinski definition) is 1. The van der Waals surface area contributed by atoms with Crippen molar-refractivity contribution in [2.24, 2.45) is 11.1 Å². The molecule has 1 atom stereocenters. The van der Waals surface area contributed by atoms with Gasteiger partial charge in [-0.05, 0) is 36.8 Å². The lowest BCUT2D eigenvalue weighted by atomic mass is 9.82. The van der Waals surface area contributed by atoms with E-state index in [2.05, 4.69) is 0 Å². The second-order valence-corrected chi connectivity index (χ2v) is 8.53. The van der Waals surface area contributed by atoms with Gasteiger partial charge in [0, 0.05) is 19.2 Å². The molecule has 1 aliphatic heterocycles. The highest BCUT2D eigenvalue weighted by molar-refractivity contribution is 7.82. The highest BCUT2D eigenvalue weighted by Gasteiger charge is 2.51. The lowest BCUT2D eigenvalue weighted by molar-refractivity contribution is -0.136. The maximum Gasteiger partial charge on any atom is 0.229 e. The molecule has 0 saturated carbocycles. The summed E-state index contributed by atoms with van der Waals surface area (Å²) in [5.41, 5.74) is 5.34. The standard InChI is InChI=1S/C19H17ClFN3O3S.C2H6/c1-12-2-5-17(15(20)6-12)28(26)24-9-19(10-24,18(23)25)11-27-14-4-3-13(8-22)16(21)7-14;1-2/h2-7H,9-11H2,1H3,(H2,23,25);1-2H3. The summed E-state index contributed by atoms with van der Waals surface area (Å²) in [6.45, 7) is 6.03. The van der Waals surface area contributed by atoms with Gasteiger partial charge in [0.2, 0.25) is 5.91 Å². The minimum atomic E-state index is -1.54. The van der Waals surface area contributed by atoms with Crippen LogP contribution in [-0.4, -0.2) is 34.1 Å². The molecular weight excluding hydrogens is 429 g/mol. The average molecular weight is 452 g/mol. The molecule has 2 aromatic rings. The SMILES string of the molecule is CC.Cc1ccc(S(=O)N2CC(COc3ccc(C#N)c(F)c3)(C(N)=O)C2)c(Cl)c1. The molecular formula is C21H23ClFN3O3S. The van der Waals surface area contributed by atoms with Crippen molar-refractivity contribution in [3.63, 3.8) is 0 Å². The third kappa shape index (κ3) is 4.98. The number of benzene rings is 2. The van der Waals surface area contributed by atoms with Crippen molar-refractivity contribution in [2.45, 2.75) is 25.7 Å². The number of nitrogens with two attached hydrogens (primary N) is 1. The van der Waals surface area contributed by atoms with Crippen LogP contribution in [0.5, 0.6) is 5.75 Å². The highest BCUT2D eigenvalue weighted by Crippen LogP contribution is 2.35. The summed E-state index contributed by atoms with van der Waals surface area (Å²) in [6.07, 6.45) is 0. The lowest BCUT2D eigenvalue weighted by Crippen LogP contribution is -2.65. The van der Waals surface area contributed by atoms with E-state index in [1.165, 1.54) is 12.1 Å². The first-order valence-corrected chi connectivity index (χ1v) is 10.8. The van der Waals surface area contributed by atoms with Crippen LogP contribution in [0.1, 0.15) is 25.0 Å². The van der Waals surface area contributed by atoms with E-state index in [1.807, 2.05) is 26.8 Å². The third-order valence-corrected chi connectivity index (χ3v) is 6.45. The topological polar surface area (TPSA) is 96.4 Å². The Morgan fingerprint density at radius 3 is 2.53 bits per heavy atom. The summed E-state index contributed by atoms with van der Waals surface area (Å²) < 4.78 is 33.5. The largest absolute Gasteiger partial charge is 0.492 e. The van der Waals surface area contributed by atoms with E-state index in [0.717, 1.165) is 11.6 Å². The molecule has 2 aromatic carbocycles. The number of primary amides is 1. The van der Waals surface area contributed by atoms with Gasteiger partial charge in [0.05, 0.1) is 15.5 Å². The molecule has 1 amide bonds. The number of carbonyl (C=O) groups is 1. The molecule has 1 heterocycles. The van der Waals surface area contributed by atoms with Gasteiger partial charge < -0.3 is 10.5 Å². The van der Waals surface area contributed by atoms with Gasteiger partial charge in [-0.2, -0.15) is 5.26 Å². The fraction of sp³-hybridized carbons (Fsp3) is 0.333. The second-order valence-electron chi connectivity index (χ2n) is 6.67. The van der Waals surface area contributed by atoms with Gasteiger partial charge in [0.15, 0.2) is 0 Å². The van der Waals surface area contributed by atoms with E-state index in [0.29, 0.717) is 9.92 Å². The van der Waals surface area contributed by atoms with Crippen LogP contribution in [-0.2, 0) is 15.8 Å². The normalized spacial score (nSPS) is 15.7. The van der Waals surface area contributed by atoms with E-state index < -0.39 is 28.1 Å². The van der Waals surface area contributed by atoms with Crippen LogP contribution in [0.15, 0.2) is 41.3 Å². The Bertz CT molecular complexity index is 1000. The lowest BCUT2D eigenvalue weighted by Gasteiger charge is -2.46. The molecule has 0 aromatic heterocycles. The number of hydrogen-bond acceptors (Lipinski definition) is 4. The number of nitrogens with zero attached hydrogens (tertiary/aromatic N) is 2. The zero-order chi connectivity index (χ0) is 22.5. The first kappa shape index (κ1) is 23.8. The van der Waals surface area contributed by atoms with Gasteiger partial charge in [-0.1, -0.05) is 31.5 Å². The second kappa shape index (κ2) is 10.0. The molecule has 30 heavy (non-hydrogen) atoms. The fourth-order valence-electron chi connectivity index (χ4n) is 2.85. The summed E-state index contributed by atoms with van der Waals surface area (Å²) in [5.74, 6) is -1.12. The van der Waals surface area contributed by atoms with Crippen molar-refractivity contribution < 1.29 is 18.1 Å². The van der Waals surface area contributed by atoms with Crippen molar-refractivity contribution >= 4 is 28.5 Å². The number of ether oxygens (including phenoxy) is 1. The highest BCUT2D eigenvalue weighted by atomic mass is 35.5. The van der Waals surface area contributed by atoms with Crippen LogP contribution in [0, 0.1) is 29.5 Å². The number of rotatable bonds is 6. The minimum Gasteiger partial charge on any atom is -0.492 e. The molecule has 160 valence electrons. The molecule has 1 unspecified atom stereocenters. The van der Waals surface area contributed by atoms with Crippen LogP contribution >= 0.6 is 11.6 Å². The Kier molecular flexibility index (Phi) is 7.96. The van der Waals surface area contributed by atoms with E-state index in [1.54, 1.807) is 22.5 Å². The maximum atomic E-state index is 13.7. The molecule has 3 rings (SSSR count). The van der Waals surface area contributed by atoms with Crippen LogP contribution < -0.4 is 10.5 Å². The van der Waals surface area contributed by atoms with Crippen molar-refractivity contribution in [2.75, 3.05) is 19.7 Å². The van der Waals surface area contributed by atoms with Crippen LogP contribution in [0.2, 0.25) is 5.02 Å². The van der Waals surface area contributed by atoms with E-state index in [4.69, 9.17) is 27.3 Å². The van der Waals surface area contributed by atoms with E-state index >= 15 is 0 Å². The minimum absolute atomic E-state index is 0.0942. The molecule has 9 heteroatoms. The summed E-state index contributed by atoms with van der Waals surface area (Å²) >= 11 is 6.17. The Labute approximate surface area is 183 Å². The van der Waals surface area contributed by atoms with Gasteiger partial charge in [0.25, 0.3) is 0 Å². The molecule has 0 spiro atoms. The summed E-state index contributed by atoms with van der Waals surface area (Å²) in [4.78, 5) is 12.4. The molecule has 1 saturated heterocycles. The smallest absolute Gasteiger partial charge is 0.229 e. The molecule has 2 N–H and O–H groups in total. The maximum absolute atomic E-state index is 13.7. The van der Waals surface area contributed by atoms with Crippen molar-refractivity contribution in [1.29, 1.82) is 5.26 Å². The Balaban J connectivity index is 0.00000155. The predicted octanol–water partition coefficient (Wildman–Crippen LogP) is 3.57. The fourth-order valence-corrected chi connectivity index (χ4v) is 4.70. The first-order valence-electron chi connectivity index (χ1n) is 9.31. The molecule has 6 nitrogen and oxygen atoms in total. The van der Waals surface area contributed by atoms with Gasteiger partial charge in [-0.15, -0.1) is 0 Å². The Morgan fingerprint density at radius 2 is 2.00 bits per heavy atom. The van der Waals surface area contributed by atoms with Crippen LogP contribution in [0.4, 0.5) is 4.39 Å². The van der Waals surface area contributed by atoms with Crippen LogP contribution in [0.3, 0.4) is 0 Å². The molecule has 0 radical (unpaired) electrons. The van der Waals surface area contributed by atoms with Crippen LogP contribution in [0.25, 0.3) is 0 Å². The summed E-state index contributed by atoms with van der Waals surface area (Å²) in [5, 5.41) is 9.15. The number of nitriles is 1. The van der Waals surface area contributed by atoms with Gasteiger partial charge in [-0.3, -0.25) is 4.79 Å². The van der Waals surface area contributed by atoms with Crippen molar-refractivity contribution in [3.05, 3.63) is 58.4 Å². The predicted molar refractivity (Wildman–Crippen MR) is 114 cm³/mol. The zero-order valence-electron chi connectivity index (χ0n) is 16.9.